The summed E-state index contributed by atoms with van der Waals surface area (Å²) in [7, 11) is 0. The highest BCUT2D eigenvalue weighted by atomic mass is 19.1. The fourth-order valence-corrected chi connectivity index (χ4v) is 1.46. The minimum Gasteiger partial charge on any atom is -0.395 e. The van der Waals surface area contributed by atoms with Crippen LogP contribution in [0.25, 0.3) is 0 Å². The van der Waals surface area contributed by atoms with E-state index in [2.05, 4.69) is 0 Å². The van der Waals surface area contributed by atoms with Crippen molar-refractivity contribution >= 4 is 5.91 Å². The Morgan fingerprint density at radius 3 is 1.89 bits per heavy atom. The summed E-state index contributed by atoms with van der Waals surface area (Å²) in [5.74, 6) is -4.82. The maximum atomic E-state index is 13.4. The van der Waals surface area contributed by atoms with Gasteiger partial charge in [0.15, 0.2) is 0 Å². The van der Waals surface area contributed by atoms with Gasteiger partial charge < -0.3 is 15.1 Å². The third kappa shape index (κ3) is 3.21. The van der Waals surface area contributed by atoms with Gasteiger partial charge in [-0.05, 0) is 0 Å². The number of carbonyl (C=O) groups excluding carboxylic acids is 1. The van der Waals surface area contributed by atoms with E-state index in [9.17, 15) is 18.0 Å². The number of aliphatic hydroxyl groups excluding tert-OH is 2. The van der Waals surface area contributed by atoms with E-state index in [1.165, 1.54) is 0 Å². The molecule has 0 fully saturated rings. The zero-order chi connectivity index (χ0) is 13.7. The molecule has 0 aliphatic rings. The van der Waals surface area contributed by atoms with Crippen molar-refractivity contribution in [3.63, 3.8) is 0 Å². The first-order chi connectivity index (χ1) is 8.51. The molecule has 100 valence electrons. The van der Waals surface area contributed by atoms with Crippen molar-refractivity contribution in [1.82, 2.24) is 4.90 Å². The summed E-state index contributed by atoms with van der Waals surface area (Å²) in [6.07, 6.45) is 0. The first-order valence-electron chi connectivity index (χ1n) is 5.16. The van der Waals surface area contributed by atoms with Gasteiger partial charge in [0.1, 0.15) is 23.0 Å². The lowest BCUT2D eigenvalue weighted by Crippen LogP contribution is -2.36. The Morgan fingerprint density at radius 1 is 1.06 bits per heavy atom. The maximum absolute atomic E-state index is 13.4. The molecule has 0 aliphatic heterocycles. The molecule has 0 radical (unpaired) electrons. The minimum absolute atomic E-state index is 0.185. The smallest absolute Gasteiger partial charge is 0.259 e. The highest BCUT2D eigenvalue weighted by molar-refractivity contribution is 5.94. The summed E-state index contributed by atoms with van der Waals surface area (Å²) >= 11 is 0. The number of rotatable bonds is 5. The van der Waals surface area contributed by atoms with Crippen LogP contribution in [0.4, 0.5) is 13.2 Å². The third-order valence-electron chi connectivity index (χ3n) is 2.25. The van der Waals surface area contributed by atoms with Crippen molar-refractivity contribution in [2.24, 2.45) is 0 Å². The van der Waals surface area contributed by atoms with Gasteiger partial charge in [-0.1, -0.05) is 0 Å². The lowest BCUT2D eigenvalue weighted by atomic mass is 10.1. The van der Waals surface area contributed by atoms with Crippen LogP contribution < -0.4 is 0 Å². The van der Waals surface area contributed by atoms with Crippen LogP contribution in [0.3, 0.4) is 0 Å². The molecule has 0 heterocycles. The molecule has 1 aromatic carbocycles. The molecule has 0 aliphatic carbocycles. The van der Waals surface area contributed by atoms with Gasteiger partial charge in [-0.25, -0.2) is 13.2 Å². The van der Waals surface area contributed by atoms with E-state index in [4.69, 9.17) is 10.2 Å². The Labute approximate surface area is 101 Å². The van der Waals surface area contributed by atoms with E-state index in [-0.39, 0.29) is 13.1 Å². The molecule has 0 spiro atoms. The van der Waals surface area contributed by atoms with E-state index in [1.807, 2.05) is 0 Å². The molecule has 0 bridgehead atoms. The monoisotopic (exact) mass is 263 g/mol. The molecule has 2 N–H and O–H groups in total. The van der Waals surface area contributed by atoms with E-state index < -0.39 is 42.1 Å². The third-order valence-corrected chi connectivity index (χ3v) is 2.25. The van der Waals surface area contributed by atoms with Gasteiger partial charge in [-0.3, -0.25) is 4.79 Å². The lowest BCUT2D eigenvalue weighted by molar-refractivity contribution is 0.0675. The molecule has 0 saturated carbocycles. The van der Waals surface area contributed by atoms with Crippen molar-refractivity contribution in [3.05, 3.63) is 35.1 Å². The second-order valence-electron chi connectivity index (χ2n) is 3.48. The van der Waals surface area contributed by atoms with Crippen LogP contribution >= 0.6 is 0 Å². The Hall–Kier alpha value is -1.60. The van der Waals surface area contributed by atoms with Crippen molar-refractivity contribution in [3.8, 4) is 0 Å². The Bertz CT molecular complexity index is 411. The van der Waals surface area contributed by atoms with E-state index in [1.54, 1.807) is 0 Å². The van der Waals surface area contributed by atoms with E-state index in [0.717, 1.165) is 4.90 Å². The van der Waals surface area contributed by atoms with Crippen molar-refractivity contribution in [2.45, 2.75) is 0 Å². The summed E-state index contributed by atoms with van der Waals surface area (Å²) in [5, 5.41) is 17.4. The SMILES string of the molecule is O=C(c1c(F)cc(F)cc1F)N(CCO)CCO. The highest BCUT2D eigenvalue weighted by Crippen LogP contribution is 2.16. The minimum atomic E-state index is -1.32. The van der Waals surface area contributed by atoms with Crippen molar-refractivity contribution in [1.29, 1.82) is 0 Å². The number of hydrogen-bond donors (Lipinski definition) is 2. The summed E-state index contributed by atoms with van der Waals surface area (Å²) in [6.45, 7) is -1.21. The molecule has 0 atom stereocenters. The van der Waals surface area contributed by atoms with Crippen LogP contribution in [0.15, 0.2) is 12.1 Å². The largest absolute Gasteiger partial charge is 0.395 e. The van der Waals surface area contributed by atoms with Gasteiger partial charge >= 0.3 is 0 Å². The van der Waals surface area contributed by atoms with Crippen LogP contribution in [0.1, 0.15) is 10.4 Å². The first-order valence-corrected chi connectivity index (χ1v) is 5.16. The standard InChI is InChI=1S/C11H12F3NO3/c12-7-5-8(13)10(9(14)6-7)11(18)15(1-3-16)2-4-17/h5-6,16-17H,1-4H2. The number of nitrogens with zero attached hydrogens (tertiary/aromatic N) is 1. The van der Waals surface area contributed by atoms with Crippen LogP contribution in [-0.4, -0.2) is 47.3 Å². The topological polar surface area (TPSA) is 60.8 Å². The second kappa shape index (κ2) is 6.36. The lowest BCUT2D eigenvalue weighted by Gasteiger charge is -2.21. The molecule has 4 nitrogen and oxygen atoms in total. The van der Waals surface area contributed by atoms with Crippen molar-refractivity contribution in [2.75, 3.05) is 26.3 Å². The van der Waals surface area contributed by atoms with Crippen LogP contribution in [-0.2, 0) is 0 Å². The zero-order valence-electron chi connectivity index (χ0n) is 9.37. The molecular formula is C11H12F3NO3. The molecule has 0 aromatic heterocycles. The van der Waals surface area contributed by atoms with E-state index in [0.29, 0.717) is 12.1 Å². The van der Waals surface area contributed by atoms with Gasteiger partial charge in [0.2, 0.25) is 0 Å². The fourth-order valence-electron chi connectivity index (χ4n) is 1.46. The Morgan fingerprint density at radius 2 is 1.50 bits per heavy atom. The number of halogens is 3. The second-order valence-corrected chi connectivity index (χ2v) is 3.48. The first kappa shape index (κ1) is 14.5. The molecule has 1 aromatic rings. The van der Waals surface area contributed by atoms with Crippen LogP contribution in [0.2, 0.25) is 0 Å². The molecule has 18 heavy (non-hydrogen) atoms. The number of hydrogen-bond acceptors (Lipinski definition) is 3. The molecule has 1 amide bonds. The molecule has 1 rings (SSSR count). The van der Waals surface area contributed by atoms with Gasteiger partial charge in [0.05, 0.1) is 13.2 Å². The summed E-state index contributed by atoms with van der Waals surface area (Å²) in [6, 6.07) is 0.790. The number of benzene rings is 1. The van der Waals surface area contributed by atoms with Gasteiger partial charge in [-0.2, -0.15) is 0 Å². The summed E-state index contributed by atoms with van der Waals surface area (Å²) in [5.41, 5.74) is -0.904. The predicted molar refractivity (Wildman–Crippen MR) is 56.4 cm³/mol. The molecule has 0 unspecified atom stereocenters. The number of amides is 1. The average Bonchev–Trinajstić information content (AvgIpc) is 2.27. The quantitative estimate of drug-likeness (QED) is 0.814. The van der Waals surface area contributed by atoms with E-state index >= 15 is 0 Å². The molecular weight excluding hydrogens is 251 g/mol. The zero-order valence-corrected chi connectivity index (χ0v) is 9.37. The normalized spacial score (nSPS) is 10.5. The van der Waals surface area contributed by atoms with Gasteiger partial charge in [0, 0.05) is 25.2 Å². The maximum Gasteiger partial charge on any atom is 0.259 e. The van der Waals surface area contributed by atoms with Gasteiger partial charge in [0.25, 0.3) is 5.91 Å². The summed E-state index contributed by atoms with van der Waals surface area (Å²) in [4.78, 5) is 12.7. The highest BCUT2D eigenvalue weighted by Gasteiger charge is 2.23. The molecule has 0 saturated heterocycles. The van der Waals surface area contributed by atoms with Gasteiger partial charge in [-0.15, -0.1) is 0 Å². The summed E-state index contributed by atoms with van der Waals surface area (Å²) < 4.78 is 39.4. The van der Waals surface area contributed by atoms with Crippen LogP contribution in [0.5, 0.6) is 0 Å². The van der Waals surface area contributed by atoms with Crippen LogP contribution in [0, 0.1) is 17.5 Å². The average molecular weight is 263 g/mol. The number of aliphatic hydroxyl groups is 2. The Kier molecular flexibility index (Phi) is 5.11. The Balaban J connectivity index is 3.08. The fraction of sp³-hybridized carbons (Fsp3) is 0.364. The predicted octanol–water partition coefficient (Wildman–Crippen LogP) is 0.531. The van der Waals surface area contributed by atoms with Crippen molar-refractivity contribution < 1.29 is 28.2 Å². The number of carbonyl (C=O) groups is 1. The molecule has 7 heteroatoms.